The molecule has 0 fully saturated rings. The van der Waals surface area contributed by atoms with Crippen molar-refractivity contribution in [3.05, 3.63) is 35.5 Å². The number of nitrogens with one attached hydrogen (secondary N) is 2. The average Bonchev–Trinajstić information content (AvgIpc) is 2.77. The van der Waals surface area contributed by atoms with E-state index in [1.807, 2.05) is 45.9 Å². The largest absolute Gasteiger partial charge is 0.442 e. The maximum atomic E-state index is 11.8. The minimum atomic E-state index is -0.449. The topological polar surface area (TPSA) is 71.2 Å². The van der Waals surface area contributed by atoms with Gasteiger partial charge in [-0.15, -0.1) is 0 Å². The molecule has 0 spiro atoms. The highest BCUT2D eigenvalue weighted by atomic mass is 16.6. The van der Waals surface area contributed by atoms with Crippen LogP contribution in [0.4, 0.5) is 4.79 Å². The number of benzene rings is 1. The molecule has 2 aromatic rings. The van der Waals surface area contributed by atoms with Crippen molar-refractivity contribution in [1.82, 2.24) is 10.3 Å². The van der Waals surface area contributed by atoms with Gasteiger partial charge in [0, 0.05) is 16.4 Å². The number of ether oxygens (including phenoxy) is 1. The molecule has 1 aromatic carbocycles. The SMILES string of the molecule is C[C@@H](OC(=O)NC(C)(C)C)c1ccc2cc(C=O)[nH]c2c1. The van der Waals surface area contributed by atoms with Crippen LogP contribution in [-0.2, 0) is 4.74 Å². The van der Waals surface area contributed by atoms with Crippen molar-refractivity contribution < 1.29 is 14.3 Å². The highest BCUT2D eigenvalue weighted by Crippen LogP contribution is 2.23. The first-order valence-corrected chi connectivity index (χ1v) is 6.85. The first-order valence-electron chi connectivity index (χ1n) is 6.85. The molecule has 2 rings (SSSR count). The van der Waals surface area contributed by atoms with Crippen LogP contribution in [0.15, 0.2) is 24.3 Å². The Morgan fingerprint density at radius 2 is 2.05 bits per heavy atom. The Labute approximate surface area is 123 Å². The summed E-state index contributed by atoms with van der Waals surface area (Å²) in [6, 6.07) is 7.46. The van der Waals surface area contributed by atoms with Gasteiger partial charge in [0.15, 0.2) is 6.29 Å². The van der Waals surface area contributed by atoms with Gasteiger partial charge in [-0.25, -0.2) is 4.79 Å². The molecule has 1 amide bonds. The summed E-state index contributed by atoms with van der Waals surface area (Å²) in [5.41, 5.74) is 1.91. The summed E-state index contributed by atoms with van der Waals surface area (Å²) in [5, 5.41) is 3.71. The molecule has 0 saturated carbocycles. The van der Waals surface area contributed by atoms with Crippen LogP contribution in [0.25, 0.3) is 10.9 Å². The normalized spacial score (nSPS) is 13.0. The molecule has 0 unspecified atom stereocenters. The Kier molecular flexibility index (Phi) is 4.02. The summed E-state index contributed by atoms with van der Waals surface area (Å²) in [5.74, 6) is 0. The van der Waals surface area contributed by atoms with Gasteiger partial charge in [0.05, 0.1) is 5.69 Å². The minimum absolute atomic E-state index is 0.334. The van der Waals surface area contributed by atoms with Crippen molar-refractivity contribution in [2.24, 2.45) is 0 Å². The van der Waals surface area contributed by atoms with Crippen molar-refractivity contribution in [2.45, 2.75) is 39.3 Å². The van der Waals surface area contributed by atoms with E-state index < -0.39 is 6.09 Å². The summed E-state index contributed by atoms with van der Waals surface area (Å²) in [4.78, 5) is 25.5. The van der Waals surface area contributed by atoms with E-state index in [4.69, 9.17) is 4.74 Å². The number of rotatable bonds is 3. The summed E-state index contributed by atoms with van der Waals surface area (Å²) >= 11 is 0. The fourth-order valence-corrected chi connectivity index (χ4v) is 2.05. The van der Waals surface area contributed by atoms with Crippen molar-refractivity contribution in [1.29, 1.82) is 0 Å². The Hall–Kier alpha value is -2.30. The molecule has 1 atom stereocenters. The second-order valence-electron chi connectivity index (χ2n) is 6.11. The zero-order valence-electron chi connectivity index (χ0n) is 12.7. The fourth-order valence-electron chi connectivity index (χ4n) is 2.05. The van der Waals surface area contributed by atoms with E-state index in [0.717, 1.165) is 22.8 Å². The molecular formula is C16H20N2O3. The third-order valence-electron chi connectivity index (χ3n) is 3.02. The van der Waals surface area contributed by atoms with Crippen molar-refractivity contribution in [3.63, 3.8) is 0 Å². The Morgan fingerprint density at radius 3 is 2.67 bits per heavy atom. The lowest BCUT2D eigenvalue weighted by molar-refractivity contribution is 0.100. The van der Waals surface area contributed by atoms with Gasteiger partial charge >= 0.3 is 6.09 Å². The number of fused-ring (bicyclic) bond motifs is 1. The van der Waals surface area contributed by atoms with E-state index in [1.54, 1.807) is 6.07 Å². The van der Waals surface area contributed by atoms with E-state index in [9.17, 15) is 9.59 Å². The monoisotopic (exact) mass is 288 g/mol. The average molecular weight is 288 g/mol. The minimum Gasteiger partial charge on any atom is -0.442 e. The molecule has 0 aliphatic rings. The maximum Gasteiger partial charge on any atom is 0.408 e. The predicted octanol–water partition coefficient (Wildman–Crippen LogP) is 3.57. The fraction of sp³-hybridized carbons (Fsp3) is 0.375. The van der Waals surface area contributed by atoms with Crippen LogP contribution in [0, 0.1) is 0 Å². The van der Waals surface area contributed by atoms with Crippen LogP contribution in [0.5, 0.6) is 0 Å². The highest BCUT2D eigenvalue weighted by Gasteiger charge is 2.18. The number of aromatic nitrogens is 1. The standard InChI is InChI=1S/C16H20N2O3/c1-10(21-15(20)18-16(2,3)4)11-5-6-12-7-13(9-19)17-14(12)8-11/h5-10,17H,1-4H3,(H,18,20)/t10-/m1/s1. The number of H-pyrrole nitrogens is 1. The second-order valence-corrected chi connectivity index (χ2v) is 6.11. The molecular weight excluding hydrogens is 268 g/mol. The van der Waals surface area contributed by atoms with Gasteiger partial charge in [0.1, 0.15) is 6.10 Å². The molecule has 0 saturated heterocycles. The molecule has 5 nitrogen and oxygen atoms in total. The molecule has 1 aromatic heterocycles. The van der Waals surface area contributed by atoms with Gasteiger partial charge in [0.25, 0.3) is 0 Å². The van der Waals surface area contributed by atoms with E-state index in [2.05, 4.69) is 10.3 Å². The van der Waals surface area contributed by atoms with E-state index in [0.29, 0.717) is 5.69 Å². The van der Waals surface area contributed by atoms with Crippen LogP contribution < -0.4 is 5.32 Å². The zero-order valence-corrected chi connectivity index (χ0v) is 12.7. The predicted molar refractivity (Wildman–Crippen MR) is 81.5 cm³/mol. The molecule has 1 heterocycles. The van der Waals surface area contributed by atoms with E-state index >= 15 is 0 Å². The number of aromatic amines is 1. The lowest BCUT2D eigenvalue weighted by Gasteiger charge is -2.22. The molecule has 0 radical (unpaired) electrons. The van der Waals surface area contributed by atoms with Crippen molar-refractivity contribution >= 4 is 23.3 Å². The lowest BCUT2D eigenvalue weighted by Crippen LogP contribution is -2.41. The number of aldehydes is 1. The van der Waals surface area contributed by atoms with E-state index in [-0.39, 0.29) is 11.6 Å². The Bertz CT molecular complexity index is 668. The smallest absolute Gasteiger partial charge is 0.408 e. The van der Waals surface area contributed by atoms with Gasteiger partial charge in [0.2, 0.25) is 0 Å². The third kappa shape index (κ3) is 3.84. The number of hydrogen-bond acceptors (Lipinski definition) is 3. The number of hydrogen-bond donors (Lipinski definition) is 2. The lowest BCUT2D eigenvalue weighted by atomic mass is 10.1. The van der Waals surface area contributed by atoms with Gasteiger partial charge in [-0.1, -0.05) is 12.1 Å². The van der Waals surface area contributed by atoms with Crippen LogP contribution in [0.2, 0.25) is 0 Å². The summed E-state index contributed by atoms with van der Waals surface area (Å²) in [6.45, 7) is 7.49. The number of alkyl carbamates (subject to hydrolysis) is 1. The third-order valence-corrected chi connectivity index (χ3v) is 3.02. The molecule has 21 heavy (non-hydrogen) atoms. The second kappa shape index (κ2) is 5.60. The van der Waals surface area contributed by atoms with Gasteiger partial charge in [-0.3, -0.25) is 4.79 Å². The first-order chi connectivity index (χ1) is 9.78. The van der Waals surface area contributed by atoms with Crippen LogP contribution in [0.3, 0.4) is 0 Å². The maximum absolute atomic E-state index is 11.8. The molecule has 5 heteroatoms. The molecule has 0 aliphatic heterocycles. The van der Waals surface area contributed by atoms with Gasteiger partial charge < -0.3 is 15.0 Å². The molecule has 0 aliphatic carbocycles. The van der Waals surface area contributed by atoms with Crippen LogP contribution in [0.1, 0.15) is 49.9 Å². The molecule has 2 N–H and O–H groups in total. The van der Waals surface area contributed by atoms with Crippen LogP contribution >= 0.6 is 0 Å². The summed E-state index contributed by atoms with van der Waals surface area (Å²) in [6.07, 6.45) is -0.0500. The van der Waals surface area contributed by atoms with Crippen molar-refractivity contribution in [2.75, 3.05) is 0 Å². The molecule has 112 valence electrons. The molecule has 0 bridgehead atoms. The van der Waals surface area contributed by atoms with Gasteiger partial charge in [-0.05, 0) is 45.4 Å². The van der Waals surface area contributed by atoms with Crippen molar-refractivity contribution in [3.8, 4) is 0 Å². The first kappa shape index (κ1) is 15.1. The summed E-state index contributed by atoms with van der Waals surface area (Å²) in [7, 11) is 0. The highest BCUT2D eigenvalue weighted by molar-refractivity contribution is 5.88. The number of amides is 1. The number of carbonyl (C=O) groups is 2. The Morgan fingerprint density at radius 1 is 1.33 bits per heavy atom. The van der Waals surface area contributed by atoms with E-state index in [1.165, 1.54) is 0 Å². The van der Waals surface area contributed by atoms with Crippen LogP contribution in [-0.4, -0.2) is 22.9 Å². The summed E-state index contributed by atoms with van der Waals surface area (Å²) < 4.78 is 5.36. The Balaban J connectivity index is 2.13. The zero-order chi connectivity index (χ0) is 15.6. The quantitative estimate of drug-likeness (QED) is 0.848. The van der Waals surface area contributed by atoms with Gasteiger partial charge in [-0.2, -0.15) is 0 Å². The number of carbonyl (C=O) groups excluding carboxylic acids is 2.